The average Bonchev–Trinajstić information content (AvgIpc) is 3.53. The topological polar surface area (TPSA) is 55.9 Å². The van der Waals surface area contributed by atoms with Crippen molar-refractivity contribution < 1.29 is 9.59 Å². The van der Waals surface area contributed by atoms with Gasteiger partial charge in [0.25, 0.3) is 0 Å². The van der Waals surface area contributed by atoms with Crippen LogP contribution < -0.4 is 5.32 Å². The predicted molar refractivity (Wildman–Crippen MR) is 150 cm³/mol. The largest absolute Gasteiger partial charge is 0.332 e. The van der Waals surface area contributed by atoms with Gasteiger partial charge < -0.3 is 20.0 Å². The Balaban J connectivity index is 1.50. The lowest BCUT2D eigenvalue weighted by molar-refractivity contribution is -0.133. The zero-order valence-corrected chi connectivity index (χ0v) is 23.1. The lowest BCUT2D eigenvalue weighted by Gasteiger charge is -2.29. The number of carbonyl (C=O) groups is 2. The van der Waals surface area contributed by atoms with Crippen LogP contribution in [0.5, 0.6) is 0 Å². The molecule has 1 N–H and O–H groups in total. The van der Waals surface area contributed by atoms with E-state index in [0.29, 0.717) is 25.3 Å². The number of benzene rings is 2. The predicted octanol–water partition coefficient (Wildman–Crippen LogP) is 5.98. The molecule has 0 radical (unpaired) electrons. The summed E-state index contributed by atoms with van der Waals surface area (Å²) in [6, 6.07) is 19.4. The number of hydrogen-bond acceptors (Lipinski definition) is 4. The fraction of sp³-hybridized carbons (Fsp3) is 0.357. The number of nitrogens with one attached hydrogen (secondary N) is 1. The maximum Gasteiger partial charge on any atom is 0.322 e. The minimum atomic E-state index is -0.257. The number of likely N-dealkylation sites (tertiary alicyclic amines) is 1. The Bertz CT molecular complexity index is 1150. The molecule has 8 heteroatoms. The molecule has 0 bridgehead atoms. The van der Waals surface area contributed by atoms with Gasteiger partial charge in [0.1, 0.15) is 6.54 Å². The van der Waals surface area contributed by atoms with Crippen molar-refractivity contribution >= 4 is 44.9 Å². The molecule has 3 amide bonds. The van der Waals surface area contributed by atoms with Gasteiger partial charge in [-0.15, -0.1) is 11.3 Å². The van der Waals surface area contributed by atoms with Crippen LogP contribution >= 0.6 is 27.3 Å². The molecule has 0 spiro atoms. The summed E-state index contributed by atoms with van der Waals surface area (Å²) >= 11 is 5.12. The third-order valence-corrected chi connectivity index (χ3v) is 7.95. The van der Waals surface area contributed by atoms with E-state index in [9.17, 15) is 9.59 Å². The van der Waals surface area contributed by atoms with Crippen LogP contribution in [0.1, 0.15) is 28.8 Å². The number of hydrogen-bond donors (Lipinski definition) is 1. The molecule has 1 aliphatic heterocycles. The summed E-state index contributed by atoms with van der Waals surface area (Å²) < 4.78 is 0.889. The van der Waals surface area contributed by atoms with Gasteiger partial charge in [-0.2, -0.15) is 0 Å². The van der Waals surface area contributed by atoms with Crippen LogP contribution in [-0.4, -0.2) is 59.4 Å². The summed E-state index contributed by atoms with van der Waals surface area (Å²) in [6.07, 6.45) is 2.38. The minimum absolute atomic E-state index is 0.0327. The number of anilines is 1. The first kappa shape index (κ1) is 26.4. The maximum absolute atomic E-state index is 13.7. The number of aryl methyl sites for hydroxylation is 1. The summed E-state index contributed by atoms with van der Waals surface area (Å²) in [6.45, 7) is 6.51. The van der Waals surface area contributed by atoms with Crippen LogP contribution in [0.25, 0.3) is 0 Å². The van der Waals surface area contributed by atoms with Crippen molar-refractivity contribution in [3.8, 4) is 0 Å². The van der Waals surface area contributed by atoms with Crippen molar-refractivity contribution in [3.05, 3.63) is 86.5 Å². The average molecular weight is 570 g/mol. The van der Waals surface area contributed by atoms with Gasteiger partial charge >= 0.3 is 6.03 Å². The molecule has 6 nitrogen and oxygen atoms in total. The summed E-state index contributed by atoms with van der Waals surface area (Å²) in [7, 11) is 0. The van der Waals surface area contributed by atoms with Crippen LogP contribution in [0.2, 0.25) is 0 Å². The summed E-state index contributed by atoms with van der Waals surface area (Å²) in [5.74, 6) is -0.0579. The van der Waals surface area contributed by atoms with Crippen LogP contribution in [0, 0.1) is 6.92 Å². The quantitative estimate of drug-likeness (QED) is 0.327. The second-order valence-corrected chi connectivity index (χ2v) is 11.1. The zero-order valence-electron chi connectivity index (χ0n) is 20.7. The molecule has 3 aromatic rings. The molecule has 0 saturated carbocycles. The number of thiophene rings is 1. The number of carbonyl (C=O) groups excluding carboxylic acids is 2. The van der Waals surface area contributed by atoms with Gasteiger partial charge in [0.2, 0.25) is 5.91 Å². The normalized spacial score (nSPS) is 13.5. The SMILES string of the molecule is Cc1ccsc1CN(Cc1ccccc1)C(=O)CN(CCN1CCCC1)C(=O)Nc1cccc(Br)c1. The molecule has 36 heavy (non-hydrogen) atoms. The molecule has 1 fully saturated rings. The van der Waals surface area contributed by atoms with E-state index in [2.05, 4.69) is 44.5 Å². The number of rotatable bonds is 10. The van der Waals surface area contributed by atoms with E-state index in [-0.39, 0.29) is 18.5 Å². The van der Waals surface area contributed by atoms with Crippen LogP contribution in [-0.2, 0) is 17.9 Å². The van der Waals surface area contributed by atoms with Gasteiger partial charge in [-0.25, -0.2) is 4.79 Å². The molecule has 190 valence electrons. The van der Waals surface area contributed by atoms with Crippen LogP contribution in [0.4, 0.5) is 10.5 Å². The molecule has 0 aliphatic carbocycles. The fourth-order valence-electron chi connectivity index (χ4n) is 4.33. The third-order valence-electron chi connectivity index (χ3n) is 6.45. The molecule has 1 aliphatic rings. The van der Waals surface area contributed by atoms with E-state index in [1.54, 1.807) is 16.2 Å². The smallest absolute Gasteiger partial charge is 0.322 e. The number of halogens is 1. The van der Waals surface area contributed by atoms with Crippen molar-refractivity contribution in [1.29, 1.82) is 0 Å². The lowest BCUT2D eigenvalue weighted by atomic mass is 10.2. The van der Waals surface area contributed by atoms with Crippen LogP contribution in [0.15, 0.2) is 70.5 Å². The Morgan fingerprint density at radius 2 is 1.78 bits per heavy atom. The summed E-state index contributed by atoms with van der Waals surface area (Å²) in [5, 5.41) is 5.04. The van der Waals surface area contributed by atoms with Crippen LogP contribution in [0.3, 0.4) is 0 Å². The maximum atomic E-state index is 13.7. The first-order chi connectivity index (χ1) is 17.5. The second-order valence-electron chi connectivity index (χ2n) is 9.17. The molecular weight excluding hydrogens is 536 g/mol. The van der Waals surface area contributed by atoms with Gasteiger partial charge in [0.15, 0.2) is 0 Å². The van der Waals surface area contributed by atoms with E-state index in [1.807, 2.05) is 59.5 Å². The van der Waals surface area contributed by atoms with E-state index >= 15 is 0 Å². The van der Waals surface area contributed by atoms with Gasteiger partial charge in [0, 0.05) is 34.7 Å². The lowest BCUT2D eigenvalue weighted by Crippen LogP contribution is -2.46. The monoisotopic (exact) mass is 568 g/mol. The highest BCUT2D eigenvalue weighted by atomic mass is 79.9. The van der Waals surface area contributed by atoms with Crippen molar-refractivity contribution in [2.75, 3.05) is 38.0 Å². The van der Waals surface area contributed by atoms with E-state index in [4.69, 9.17) is 0 Å². The van der Waals surface area contributed by atoms with Gasteiger partial charge in [-0.05, 0) is 73.6 Å². The highest BCUT2D eigenvalue weighted by Crippen LogP contribution is 2.20. The molecule has 0 atom stereocenters. The first-order valence-electron chi connectivity index (χ1n) is 12.4. The Hall–Kier alpha value is -2.68. The highest BCUT2D eigenvalue weighted by molar-refractivity contribution is 9.10. The Morgan fingerprint density at radius 1 is 1.00 bits per heavy atom. The molecule has 1 aromatic heterocycles. The molecular formula is C28H33BrN4O2S. The zero-order chi connectivity index (χ0) is 25.3. The molecule has 0 unspecified atom stereocenters. The number of amides is 3. The fourth-order valence-corrected chi connectivity index (χ4v) is 5.65. The minimum Gasteiger partial charge on any atom is -0.332 e. The molecule has 2 heterocycles. The first-order valence-corrected chi connectivity index (χ1v) is 14.0. The summed E-state index contributed by atoms with van der Waals surface area (Å²) in [5.41, 5.74) is 2.95. The van der Waals surface area contributed by atoms with Gasteiger partial charge in [-0.1, -0.05) is 52.3 Å². The van der Waals surface area contributed by atoms with Crippen molar-refractivity contribution in [1.82, 2.24) is 14.7 Å². The van der Waals surface area contributed by atoms with E-state index in [0.717, 1.165) is 29.7 Å². The van der Waals surface area contributed by atoms with E-state index in [1.165, 1.54) is 23.3 Å². The van der Waals surface area contributed by atoms with Crippen molar-refractivity contribution in [2.45, 2.75) is 32.9 Å². The Kier molecular flexibility index (Phi) is 9.55. The van der Waals surface area contributed by atoms with Gasteiger partial charge in [-0.3, -0.25) is 4.79 Å². The highest BCUT2D eigenvalue weighted by Gasteiger charge is 2.24. The Labute approximate surface area is 226 Å². The van der Waals surface area contributed by atoms with Crippen molar-refractivity contribution in [2.24, 2.45) is 0 Å². The van der Waals surface area contributed by atoms with E-state index < -0.39 is 0 Å². The van der Waals surface area contributed by atoms with Gasteiger partial charge in [0.05, 0.1) is 6.54 Å². The van der Waals surface area contributed by atoms with Crippen molar-refractivity contribution in [3.63, 3.8) is 0 Å². The molecule has 4 rings (SSSR count). The number of nitrogens with zero attached hydrogens (tertiary/aromatic N) is 3. The Morgan fingerprint density at radius 3 is 2.47 bits per heavy atom. The third kappa shape index (κ3) is 7.66. The molecule has 2 aromatic carbocycles. The second kappa shape index (κ2) is 13.0. The standard InChI is InChI=1S/C28H33BrN4O2S/c1-22-12-17-36-26(22)20-33(19-23-8-3-2-4-9-23)27(34)21-32(16-15-31-13-5-6-14-31)28(35)30-25-11-7-10-24(29)18-25/h2-4,7-12,17-18H,5-6,13-16,19-21H2,1H3,(H,30,35). The summed E-state index contributed by atoms with van der Waals surface area (Å²) in [4.78, 5) is 34.1. The molecule has 1 saturated heterocycles. The number of urea groups is 1.